The van der Waals surface area contributed by atoms with E-state index >= 15 is 0 Å². The minimum atomic E-state index is -0.456. The van der Waals surface area contributed by atoms with Crippen LogP contribution in [0, 0.1) is 5.92 Å². The van der Waals surface area contributed by atoms with Gasteiger partial charge in [-0.2, -0.15) is 0 Å². The third kappa shape index (κ3) is 3.67. The summed E-state index contributed by atoms with van der Waals surface area (Å²) in [6.07, 6.45) is 2.32. The summed E-state index contributed by atoms with van der Waals surface area (Å²) in [5.74, 6) is 1.31. The zero-order chi connectivity index (χ0) is 16.2. The van der Waals surface area contributed by atoms with E-state index in [1.165, 1.54) is 4.90 Å². The molecule has 124 valence electrons. The highest BCUT2D eigenvalue weighted by Gasteiger charge is 2.27. The maximum Gasteiger partial charge on any atom is 0.314 e. The van der Waals surface area contributed by atoms with Gasteiger partial charge in [-0.3, -0.25) is 4.79 Å². The minimum absolute atomic E-state index is 0.0170. The molecule has 3 amide bonds. The van der Waals surface area contributed by atoms with Crippen LogP contribution >= 0.6 is 0 Å². The normalized spacial score (nSPS) is 19.5. The number of hydrogen-bond donors (Lipinski definition) is 2. The second-order valence-electron chi connectivity index (χ2n) is 5.85. The number of likely N-dealkylation sites (tertiary alicyclic amines) is 1. The molecule has 1 atom stereocenters. The molecule has 1 aromatic rings. The quantitative estimate of drug-likeness (QED) is 0.861. The first kappa shape index (κ1) is 15.5. The molecule has 0 spiro atoms. The number of amides is 3. The number of nitrogens with zero attached hydrogens (tertiary/aromatic N) is 1. The van der Waals surface area contributed by atoms with Crippen LogP contribution in [-0.2, 0) is 11.2 Å². The van der Waals surface area contributed by atoms with Gasteiger partial charge in [0.25, 0.3) is 0 Å². The fourth-order valence-corrected chi connectivity index (χ4v) is 2.96. The zero-order valence-electron chi connectivity index (χ0n) is 12.9. The van der Waals surface area contributed by atoms with Crippen LogP contribution in [0.3, 0.4) is 0 Å². The van der Waals surface area contributed by atoms with E-state index in [2.05, 4.69) is 5.32 Å². The lowest BCUT2D eigenvalue weighted by Crippen LogP contribution is -2.47. The van der Waals surface area contributed by atoms with Gasteiger partial charge in [0.05, 0.1) is 5.92 Å². The SMILES string of the molecule is NC(=O)N1CCC[C@H](C(=O)NCCc2ccc3c(c2)OCO3)C1. The third-order valence-corrected chi connectivity index (χ3v) is 4.25. The summed E-state index contributed by atoms with van der Waals surface area (Å²) in [7, 11) is 0. The van der Waals surface area contributed by atoms with Crippen molar-refractivity contribution in [3.63, 3.8) is 0 Å². The minimum Gasteiger partial charge on any atom is -0.454 e. The molecule has 0 bridgehead atoms. The number of carbonyl (C=O) groups is 2. The highest BCUT2D eigenvalue weighted by molar-refractivity contribution is 5.80. The monoisotopic (exact) mass is 319 g/mol. The van der Waals surface area contributed by atoms with Crippen molar-refractivity contribution < 1.29 is 19.1 Å². The van der Waals surface area contributed by atoms with E-state index in [1.54, 1.807) is 0 Å². The molecule has 3 N–H and O–H groups in total. The van der Waals surface area contributed by atoms with Crippen LogP contribution < -0.4 is 20.5 Å². The number of fused-ring (bicyclic) bond motifs is 1. The van der Waals surface area contributed by atoms with E-state index in [4.69, 9.17) is 15.2 Å². The summed E-state index contributed by atoms with van der Waals surface area (Å²) in [4.78, 5) is 25.0. The van der Waals surface area contributed by atoms with Gasteiger partial charge in [0, 0.05) is 19.6 Å². The van der Waals surface area contributed by atoms with Crippen molar-refractivity contribution in [1.82, 2.24) is 10.2 Å². The Kier molecular flexibility index (Phi) is 4.55. The van der Waals surface area contributed by atoms with Crippen molar-refractivity contribution in [2.45, 2.75) is 19.3 Å². The molecule has 3 rings (SSSR count). The summed E-state index contributed by atoms with van der Waals surface area (Å²) in [5, 5.41) is 2.94. The molecule has 0 unspecified atom stereocenters. The van der Waals surface area contributed by atoms with Crippen LogP contribution in [0.15, 0.2) is 18.2 Å². The molecular weight excluding hydrogens is 298 g/mol. The van der Waals surface area contributed by atoms with Gasteiger partial charge in [0.15, 0.2) is 11.5 Å². The van der Waals surface area contributed by atoms with E-state index in [9.17, 15) is 9.59 Å². The largest absolute Gasteiger partial charge is 0.454 e. The Morgan fingerprint density at radius 1 is 1.30 bits per heavy atom. The first-order chi connectivity index (χ1) is 11.1. The fraction of sp³-hybridized carbons (Fsp3) is 0.500. The molecule has 2 aliphatic rings. The summed E-state index contributed by atoms with van der Waals surface area (Å²) in [5.41, 5.74) is 6.36. The van der Waals surface area contributed by atoms with Gasteiger partial charge >= 0.3 is 6.03 Å². The molecule has 1 fully saturated rings. The molecule has 1 aromatic carbocycles. The van der Waals surface area contributed by atoms with Crippen LogP contribution in [0.1, 0.15) is 18.4 Å². The lowest BCUT2D eigenvalue weighted by molar-refractivity contribution is -0.126. The molecular formula is C16H21N3O4. The highest BCUT2D eigenvalue weighted by Crippen LogP contribution is 2.32. The molecule has 2 heterocycles. The van der Waals surface area contributed by atoms with Gasteiger partial charge in [0.2, 0.25) is 12.7 Å². The Morgan fingerprint density at radius 2 is 2.13 bits per heavy atom. The van der Waals surface area contributed by atoms with Gasteiger partial charge in [-0.15, -0.1) is 0 Å². The van der Waals surface area contributed by atoms with Gasteiger partial charge in [-0.05, 0) is 37.0 Å². The van der Waals surface area contributed by atoms with Crippen molar-refractivity contribution in [2.24, 2.45) is 11.7 Å². The van der Waals surface area contributed by atoms with Crippen LogP contribution in [0.4, 0.5) is 4.79 Å². The Balaban J connectivity index is 1.46. The number of carbonyl (C=O) groups excluding carboxylic acids is 2. The summed E-state index contributed by atoms with van der Waals surface area (Å²) < 4.78 is 10.6. The number of nitrogens with one attached hydrogen (secondary N) is 1. The van der Waals surface area contributed by atoms with E-state index in [1.807, 2.05) is 18.2 Å². The number of urea groups is 1. The standard InChI is InChI=1S/C16H21N3O4/c17-16(21)19-7-1-2-12(9-19)15(20)18-6-5-11-3-4-13-14(8-11)23-10-22-13/h3-4,8,12H,1-2,5-7,9-10H2,(H2,17,21)(H,18,20)/t12-/m0/s1. The highest BCUT2D eigenvalue weighted by atomic mass is 16.7. The Hall–Kier alpha value is -2.44. The Labute approximate surface area is 134 Å². The summed E-state index contributed by atoms with van der Waals surface area (Å²) in [6, 6.07) is 5.33. The maximum absolute atomic E-state index is 12.2. The number of ether oxygens (including phenoxy) is 2. The number of piperidine rings is 1. The lowest BCUT2D eigenvalue weighted by atomic mass is 9.97. The number of rotatable bonds is 4. The number of benzene rings is 1. The Bertz CT molecular complexity index is 605. The predicted octanol–water partition coefficient (Wildman–Crippen LogP) is 0.865. The molecule has 7 heteroatoms. The van der Waals surface area contributed by atoms with Crippen molar-refractivity contribution in [2.75, 3.05) is 26.4 Å². The first-order valence-electron chi connectivity index (χ1n) is 7.84. The second kappa shape index (κ2) is 6.76. The lowest BCUT2D eigenvalue weighted by Gasteiger charge is -2.30. The maximum atomic E-state index is 12.2. The first-order valence-corrected chi connectivity index (χ1v) is 7.84. The van der Waals surface area contributed by atoms with E-state index < -0.39 is 6.03 Å². The van der Waals surface area contributed by atoms with Crippen LogP contribution in [0.2, 0.25) is 0 Å². The average Bonchev–Trinajstić information content (AvgIpc) is 3.02. The predicted molar refractivity (Wildman–Crippen MR) is 83.2 cm³/mol. The fourth-order valence-electron chi connectivity index (χ4n) is 2.96. The molecule has 0 aromatic heterocycles. The molecule has 0 saturated carbocycles. The number of nitrogens with two attached hydrogens (primary N) is 1. The molecule has 23 heavy (non-hydrogen) atoms. The van der Waals surface area contributed by atoms with Crippen molar-refractivity contribution in [1.29, 1.82) is 0 Å². The molecule has 1 saturated heterocycles. The van der Waals surface area contributed by atoms with Crippen molar-refractivity contribution in [3.05, 3.63) is 23.8 Å². The van der Waals surface area contributed by atoms with Gasteiger partial charge < -0.3 is 25.4 Å². The van der Waals surface area contributed by atoms with Crippen LogP contribution in [0.25, 0.3) is 0 Å². The summed E-state index contributed by atoms with van der Waals surface area (Å²) >= 11 is 0. The smallest absolute Gasteiger partial charge is 0.314 e. The van der Waals surface area contributed by atoms with Crippen molar-refractivity contribution >= 4 is 11.9 Å². The topological polar surface area (TPSA) is 93.9 Å². The second-order valence-corrected chi connectivity index (χ2v) is 5.85. The molecule has 2 aliphatic heterocycles. The van der Waals surface area contributed by atoms with E-state index in [0.717, 1.165) is 29.9 Å². The number of hydrogen-bond acceptors (Lipinski definition) is 4. The zero-order valence-corrected chi connectivity index (χ0v) is 12.9. The average molecular weight is 319 g/mol. The Morgan fingerprint density at radius 3 is 2.96 bits per heavy atom. The summed E-state index contributed by atoms with van der Waals surface area (Å²) in [6.45, 7) is 1.85. The van der Waals surface area contributed by atoms with Crippen LogP contribution in [-0.4, -0.2) is 43.3 Å². The number of primary amides is 1. The van der Waals surface area contributed by atoms with Crippen molar-refractivity contribution in [3.8, 4) is 11.5 Å². The third-order valence-electron chi connectivity index (χ3n) is 4.25. The van der Waals surface area contributed by atoms with Gasteiger partial charge in [0.1, 0.15) is 0 Å². The molecule has 0 radical (unpaired) electrons. The molecule has 0 aliphatic carbocycles. The van der Waals surface area contributed by atoms with E-state index in [-0.39, 0.29) is 18.6 Å². The molecule has 7 nitrogen and oxygen atoms in total. The van der Waals surface area contributed by atoms with Gasteiger partial charge in [-0.25, -0.2) is 4.79 Å². The van der Waals surface area contributed by atoms with Crippen LogP contribution in [0.5, 0.6) is 11.5 Å². The van der Waals surface area contributed by atoms with E-state index in [0.29, 0.717) is 26.1 Å². The van der Waals surface area contributed by atoms with Gasteiger partial charge in [-0.1, -0.05) is 6.07 Å².